The molecule has 0 fully saturated rings. The van der Waals surface area contributed by atoms with E-state index in [0.717, 1.165) is 12.0 Å². The van der Waals surface area contributed by atoms with E-state index in [2.05, 4.69) is 31.8 Å². The summed E-state index contributed by atoms with van der Waals surface area (Å²) in [5.74, 6) is 1.14. The number of amides is 2. The normalized spacial score (nSPS) is 10.7. The van der Waals surface area contributed by atoms with Crippen molar-refractivity contribution in [3.63, 3.8) is 0 Å². The summed E-state index contributed by atoms with van der Waals surface area (Å²) < 4.78 is 23.0. The van der Waals surface area contributed by atoms with E-state index in [-0.39, 0.29) is 12.5 Å². The lowest BCUT2D eigenvalue weighted by Gasteiger charge is -2.14. The van der Waals surface area contributed by atoms with Gasteiger partial charge in [0, 0.05) is 11.3 Å². The number of aryl methyl sites for hydroxylation is 1. The van der Waals surface area contributed by atoms with Gasteiger partial charge in [0.1, 0.15) is 0 Å². The van der Waals surface area contributed by atoms with Gasteiger partial charge in [-0.1, -0.05) is 24.6 Å². The largest absolute Gasteiger partial charge is 0.493 e. The summed E-state index contributed by atoms with van der Waals surface area (Å²) in [6.45, 7) is 6.56. The van der Waals surface area contributed by atoms with Gasteiger partial charge < -0.3 is 24.3 Å². The molecule has 206 valence electrons. The standard InChI is InChI=1S/C29H32BrN3O6/c1-5-13-38-24-12-9-21(16-25(24)36-4)29(35)33-31-17-20-14-23(30)28(26(15-20)37-6-2)39-18-27(34)32-22-10-7-19(3)8-11-22/h7-12,14-17H,5-6,13,18H2,1-4H3,(H,32,34)(H,33,35)/b31-17+. The van der Waals surface area contributed by atoms with Crippen LogP contribution in [0.2, 0.25) is 0 Å². The number of methoxy groups -OCH3 is 1. The van der Waals surface area contributed by atoms with Crippen LogP contribution >= 0.6 is 15.9 Å². The van der Waals surface area contributed by atoms with Gasteiger partial charge in [-0.25, -0.2) is 5.43 Å². The van der Waals surface area contributed by atoms with E-state index in [9.17, 15) is 9.59 Å². The Bertz CT molecular complexity index is 1310. The molecule has 0 radical (unpaired) electrons. The molecule has 0 bridgehead atoms. The van der Waals surface area contributed by atoms with Crippen molar-refractivity contribution in [3.8, 4) is 23.0 Å². The highest BCUT2D eigenvalue weighted by Crippen LogP contribution is 2.36. The van der Waals surface area contributed by atoms with Crippen LogP contribution in [0.1, 0.15) is 41.8 Å². The summed E-state index contributed by atoms with van der Waals surface area (Å²) in [5.41, 5.74) is 5.31. The second kappa shape index (κ2) is 14.8. The molecule has 0 atom stereocenters. The number of ether oxygens (including phenoxy) is 4. The number of rotatable bonds is 13. The Labute approximate surface area is 236 Å². The number of nitrogens with one attached hydrogen (secondary N) is 2. The maximum atomic E-state index is 12.6. The molecule has 0 unspecified atom stereocenters. The first-order valence-corrected chi connectivity index (χ1v) is 13.2. The summed E-state index contributed by atoms with van der Waals surface area (Å²) in [6, 6.07) is 15.9. The predicted octanol–water partition coefficient (Wildman–Crippen LogP) is 5.74. The van der Waals surface area contributed by atoms with Crippen molar-refractivity contribution in [1.82, 2.24) is 5.43 Å². The Balaban J connectivity index is 1.65. The molecule has 2 N–H and O–H groups in total. The highest BCUT2D eigenvalue weighted by Gasteiger charge is 2.15. The molecule has 39 heavy (non-hydrogen) atoms. The number of nitrogens with zero attached hydrogens (tertiary/aromatic N) is 1. The van der Waals surface area contributed by atoms with Gasteiger partial charge in [0.2, 0.25) is 0 Å². The van der Waals surface area contributed by atoms with E-state index in [0.29, 0.717) is 57.5 Å². The van der Waals surface area contributed by atoms with E-state index in [4.69, 9.17) is 18.9 Å². The molecule has 0 aliphatic carbocycles. The lowest BCUT2D eigenvalue weighted by molar-refractivity contribution is -0.118. The smallest absolute Gasteiger partial charge is 0.271 e. The molecule has 3 rings (SSSR count). The minimum atomic E-state index is -0.407. The molecule has 2 amide bonds. The van der Waals surface area contributed by atoms with Gasteiger partial charge in [0.15, 0.2) is 29.6 Å². The van der Waals surface area contributed by atoms with Crippen molar-refractivity contribution in [2.24, 2.45) is 5.10 Å². The number of hydrogen-bond donors (Lipinski definition) is 2. The van der Waals surface area contributed by atoms with Crippen LogP contribution < -0.4 is 29.7 Å². The topological polar surface area (TPSA) is 107 Å². The van der Waals surface area contributed by atoms with Gasteiger partial charge >= 0.3 is 0 Å². The Morgan fingerprint density at radius 2 is 1.72 bits per heavy atom. The molecule has 9 nitrogen and oxygen atoms in total. The average molecular weight is 598 g/mol. The molecule has 10 heteroatoms. The number of hydrogen-bond acceptors (Lipinski definition) is 7. The Morgan fingerprint density at radius 3 is 2.41 bits per heavy atom. The van der Waals surface area contributed by atoms with Gasteiger partial charge in [-0.2, -0.15) is 5.10 Å². The van der Waals surface area contributed by atoms with Gasteiger partial charge in [0.05, 0.1) is 31.0 Å². The lowest BCUT2D eigenvalue weighted by atomic mass is 10.2. The van der Waals surface area contributed by atoms with Crippen LogP contribution in [0, 0.1) is 6.92 Å². The molecular formula is C29H32BrN3O6. The first-order valence-electron chi connectivity index (χ1n) is 12.4. The number of carbonyl (C=O) groups excluding carboxylic acids is 2. The maximum absolute atomic E-state index is 12.6. The summed E-state index contributed by atoms with van der Waals surface area (Å²) in [7, 11) is 1.52. The third kappa shape index (κ3) is 8.75. The lowest BCUT2D eigenvalue weighted by Crippen LogP contribution is -2.20. The second-order valence-corrected chi connectivity index (χ2v) is 9.23. The predicted molar refractivity (Wildman–Crippen MR) is 154 cm³/mol. The summed E-state index contributed by atoms with van der Waals surface area (Å²) in [5, 5.41) is 6.86. The Kier molecular flexibility index (Phi) is 11.2. The number of benzene rings is 3. The summed E-state index contributed by atoms with van der Waals surface area (Å²) >= 11 is 3.48. The number of anilines is 1. The average Bonchev–Trinajstić information content (AvgIpc) is 2.92. The van der Waals surface area contributed by atoms with Crippen LogP contribution in [0.25, 0.3) is 0 Å². The third-order valence-electron chi connectivity index (χ3n) is 5.28. The fraction of sp³-hybridized carbons (Fsp3) is 0.276. The van der Waals surface area contributed by atoms with Gasteiger partial charge in [-0.15, -0.1) is 0 Å². The summed E-state index contributed by atoms with van der Waals surface area (Å²) in [4.78, 5) is 25.0. The number of halogens is 1. The van der Waals surface area contributed by atoms with Crippen molar-refractivity contribution in [3.05, 3.63) is 75.8 Å². The van der Waals surface area contributed by atoms with Crippen molar-refractivity contribution >= 4 is 39.6 Å². The van der Waals surface area contributed by atoms with E-state index < -0.39 is 5.91 Å². The number of carbonyl (C=O) groups is 2. The zero-order valence-electron chi connectivity index (χ0n) is 22.4. The fourth-order valence-corrected chi connectivity index (χ4v) is 3.98. The summed E-state index contributed by atoms with van der Waals surface area (Å²) in [6.07, 6.45) is 2.34. The SMILES string of the molecule is CCCOc1ccc(C(=O)N/N=C/c2cc(Br)c(OCC(=O)Nc3ccc(C)cc3)c(OCC)c2)cc1OC. The molecule has 3 aromatic carbocycles. The Morgan fingerprint density at radius 1 is 0.949 bits per heavy atom. The maximum Gasteiger partial charge on any atom is 0.271 e. The molecule has 0 saturated carbocycles. The minimum absolute atomic E-state index is 0.207. The van der Waals surface area contributed by atoms with Gasteiger partial charge in [0.25, 0.3) is 11.8 Å². The molecule has 0 heterocycles. The first kappa shape index (κ1) is 29.5. The molecule has 3 aromatic rings. The molecular weight excluding hydrogens is 566 g/mol. The van der Waals surface area contributed by atoms with Gasteiger partial charge in [-0.05, 0) is 84.2 Å². The molecule has 0 aliphatic heterocycles. The highest BCUT2D eigenvalue weighted by atomic mass is 79.9. The monoisotopic (exact) mass is 597 g/mol. The molecule has 0 aromatic heterocycles. The zero-order valence-corrected chi connectivity index (χ0v) is 24.0. The van der Waals surface area contributed by atoms with Crippen molar-refractivity contribution in [2.75, 3.05) is 32.2 Å². The fourth-order valence-electron chi connectivity index (χ4n) is 3.41. The van der Waals surface area contributed by atoms with Crippen LogP contribution in [-0.4, -0.2) is 45.0 Å². The van der Waals surface area contributed by atoms with E-state index in [1.54, 1.807) is 30.3 Å². The minimum Gasteiger partial charge on any atom is -0.493 e. The third-order valence-corrected chi connectivity index (χ3v) is 5.87. The second-order valence-electron chi connectivity index (χ2n) is 8.38. The van der Waals surface area contributed by atoms with Crippen LogP contribution in [0.5, 0.6) is 23.0 Å². The molecule has 0 saturated heterocycles. The van der Waals surface area contributed by atoms with Crippen molar-refractivity contribution in [2.45, 2.75) is 27.2 Å². The highest BCUT2D eigenvalue weighted by molar-refractivity contribution is 9.10. The van der Waals surface area contributed by atoms with E-state index in [1.165, 1.54) is 13.3 Å². The zero-order chi connectivity index (χ0) is 28.2. The van der Waals surface area contributed by atoms with Crippen LogP contribution in [0.4, 0.5) is 5.69 Å². The molecule has 0 aliphatic rings. The van der Waals surface area contributed by atoms with E-state index >= 15 is 0 Å². The van der Waals surface area contributed by atoms with Gasteiger partial charge in [-0.3, -0.25) is 9.59 Å². The first-order chi connectivity index (χ1) is 18.8. The van der Waals surface area contributed by atoms with Crippen LogP contribution in [0.15, 0.2) is 64.2 Å². The van der Waals surface area contributed by atoms with Crippen molar-refractivity contribution in [1.29, 1.82) is 0 Å². The quantitative estimate of drug-likeness (QED) is 0.192. The number of hydrazone groups is 1. The Hall–Kier alpha value is -4.05. The van der Waals surface area contributed by atoms with Crippen LogP contribution in [0.3, 0.4) is 0 Å². The van der Waals surface area contributed by atoms with Crippen molar-refractivity contribution < 1.29 is 28.5 Å². The molecule has 0 spiro atoms. The van der Waals surface area contributed by atoms with Crippen LogP contribution in [-0.2, 0) is 4.79 Å². The van der Waals surface area contributed by atoms with E-state index in [1.807, 2.05) is 45.0 Å².